The molecule has 1 saturated heterocycles. The SMILES string of the molecule is CN1CCC(OC(=O)CC(C=O)C(=O)c2ccccc2)CC1. The predicted octanol–water partition coefficient (Wildman–Crippen LogP) is 1.71. The molecule has 1 aromatic carbocycles. The number of nitrogens with zero attached hydrogens (tertiary/aromatic N) is 1. The Morgan fingerprint density at radius 1 is 1.27 bits per heavy atom. The summed E-state index contributed by atoms with van der Waals surface area (Å²) in [6, 6.07) is 8.53. The highest BCUT2D eigenvalue weighted by molar-refractivity contribution is 6.06. The molecule has 118 valence electrons. The summed E-state index contributed by atoms with van der Waals surface area (Å²) < 4.78 is 5.38. The minimum absolute atomic E-state index is 0.108. The van der Waals surface area contributed by atoms with Crippen LogP contribution >= 0.6 is 0 Å². The zero-order valence-electron chi connectivity index (χ0n) is 12.7. The quantitative estimate of drug-likeness (QED) is 0.346. The third-order valence-electron chi connectivity index (χ3n) is 3.91. The molecule has 2 rings (SSSR count). The number of Topliss-reactive ketones (excluding diaryl/α,β-unsaturated/α-hetero) is 1. The van der Waals surface area contributed by atoms with E-state index in [9.17, 15) is 14.4 Å². The van der Waals surface area contributed by atoms with E-state index in [2.05, 4.69) is 4.90 Å². The molecule has 0 aromatic heterocycles. The molecule has 0 saturated carbocycles. The number of ether oxygens (including phenoxy) is 1. The van der Waals surface area contributed by atoms with Gasteiger partial charge in [-0.2, -0.15) is 0 Å². The van der Waals surface area contributed by atoms with Crippen molar-refractivity contribution in [3.8, 4) is 0 Å². The number of carbonyl (C=O) groups is 3. The molecule has 0 amide bonds. The van der Waals surface area contributed by atoms with Crippen LogP contribution in [0.3, 0.4) is 0 Å². The number of piperidine rings is 1. The number of esters is 1. The molecule has 1 aliphatic heterocycles. The molecule has 1 atom stereocenters. The predicted molar refractivity (Wildman–Crippen MR) is 81.6 cm³/mol. The van der Waals surface area contributed by atoms with Gasteiger partial charge in [-0.15, -0.1) is 0 Å². The van der Waals surface area contributed by atoms with Gasteiger partial charge in [0.2, 0.25) is 0 Å². The van der Waals surface area contributed by atoms with E-state index in [1.54, 1.807) is 30.3 Å². The molecule has 1 aliphatic rings. The minimum atomic E-state index is -0.971. The van der Waals surface area contributed by atoms with E-state index in [4.69, 9.17) is 4.74 Å². The van der Waals surface area contributed by atoms with Gasteiger partial charge < -0.3 is 14.4 Å². The highest BCUT2D eigenvalue weighted by atomic mass is 16.5. The lowest BCUT2D eigenvalue weighted by Gasteiger charge is -2.28. The summed E-state index contributed by atoms with van der Waals surface area (Å²) in [5.74, 6) is -1.78. The first-order valence-corrected chi connectivity index (χ1v) is 7.52. The average molecular weight is 303 g/mol. The lowest BCUT2D eigenvalue weighted by molar-refractivity contribution is -0.152. The first kappa shape index (κ1) is 16.4. The van der Waals surface area contributed by atoms with Crippen molar-refractivity contribution in [1.29, 1.82) is 0 Å². The fraction of sp³-hybridized carbons (Fsp3) is 0.471. The van der Waals surface area contributed by atoms with Gasteiger partial charge >= 0.3 is 5.97 Å². The van der Waals surface area contributed by atoms with Crippen LogP contribution in [0.1, 0.15) is 29.6 Å². The monoisotopic (exact) mass is 303 g/mol. The van der Waals surface area contributed by atoms with Gasteiger partial charge in [0, 0.05) is 18.7 Å². The fourth-order valence-electron chi connectivity index (χ4n) is 2.54. The molecule has 0 aliphatic carbocycles. The van der Waals surface area contributed by atoms with Crippen LogP contribution in [0.4, 0.5) is 0 Å². The molecule has 1 fully saturated rings. The molecule has 0 spiro atoms. The van der Waals surface area contributed by atoms with Crippen molar-refractivity contribution in [2.75, 3.05) is 20.1 Å². The normalized spacial score (nSPS) is 17.7. The zero-order valence-corrected chi connectivity index (χ0v) is 12.7. The van der Waals surface area contributed by atoms with Crippen molar-refractivity contribution >= 4 is 18.0 Å². The maximum Gasteiger partial charge on any atom is 0.307 e. The Hall–Kier alpha value is -2.01. The van der Waals surface area contributed by atoms with Crippen molar-refractivity contribution in [1.82, 2.24) is 4.90 Å². The van der Waals surface area contributed by atoms with E-state index in [0.717, 1.165) is 25.9 Å². The number of ketones is 1. The van der Waals surface area contributed by atoms with Gasteiger partial charge in [0.05, 0.1) is 12.3 Å². The Balaban J connectivity index is 1.88. The zero-order chi connectivity index (χ0) is 15.9. The molecular weight excluding hydrogens is 282 g/mol. The van der Waals surface area contributed by atoms with E-state index >= 15 is 0 Å². The van der Waals surface area contributed by atoms with E-state index in [0.29, 0.717) is 11.8 Å². The van der Waals surface area contributed by atoms with E-state index in [1.165, 1.54) is 0 Å². The second kappa shape index (κ2) is 7.84. The van der Waals surface area contributed by atoms with E-state index < -0.39 is 11.9 Å². The van der Waals surface area contributed by atoms with Crippen molar-refractivity contribution in [3.05, 3.63) is 35.9 Å². The molecule has 1 aromatic rings. The number of hydrogen-bond acceptors (Lipinski definition) is 5. The third-order valence-corrected chi connectivity index (χ3v) is 3.91. The van der Waals surface area contributed by atoms with Crippen LogP contribution in [-0.2, 0) is 14.3 Å². The summed E-state index contributed by atoms with van der Waals surface area (Å²) in [7, 11) is 2.03. The summed E-state index contributed by atoms with van der Waals surface area (Å²) in [6.07, 6.45) is 1.82. The maximum atomic E-state index is 12.2. The number of likely N-dealkylation sites (tertiary alicyclic amines) is 1. The van der Waals surface area contributed by atoms with Crippen molar-refractivity contribution in [3.63, 3.8) is 0 Å². The number of aldehydes is 1. The van der Waals surface area contributed by atoms with Gasteiger partial charge in [0.15, 0.2) is 5.78 Å². The molecule has 1 heterocycles. The molecule has 0 N–H and O–H groups in total. The minimum Gasteiger partial charge on any atom is -0.462 e. The number of benzene rings is 1. The Morgan fingerprint density at radius 2 is 1.91 bits per heavy atom. The largest absolute Gasteiger partial charge is 0.462 e. The van der Waals surface area contributed by atoms with Gasteiger partial charge in [-0.25, -0.2) is 0 Å². The second-order valence-electron chi connectivity index (χ2n) is 5.67. The van der Waals surface area contributed by atoms with Crippen molar-refractivity contribution in [2.45, 2.75) is 25.4 Å². The first-order valence-electron chi connectivity index (χ1n) is 7.52. The highest BCUT2D eigenvalue weighted by Gasteiger charge is 2.26. The Labute approximate surface area is 130 Å². The van der Waals surface area contributed by atoms with Gasteiger partial charge in [-0.3, -0.25) is 9.59 Å². The smallest absolute Gasteiger partial charge is 0.307 e. The van der Waals surface area contributed by atoms with Crippen LogP contribution in [0.5, 0.6) is 0 Å². The Bertz CT molecular complexity index is 521. The summed E-state index contributed by atoms with van der Waals surface area (Å²) >= 11 is 0. The summed E-state index contributed by atoms with van der Waals surface area (Å²) in [6.45, 7) is 1.77. The Morgan fingerprint density at radius 3 is 2.50 bits per heavy atom. The molecular formula is C17H21NO4. The van der Waals surface area contributed by atoms with Crippen LogP contribution in [0, 0.1) is 5.92 Å². The van der Waals surface area contributed by atoms with Gasteiger partial charge in [0.1, 0.15) is 12.4 Å². The third kappa shape index (κ3) is 4.49. The molecule has 0 radical (unpaired) electrons. The average Bonchev–Trinajstić information content (AvgIpc) is 2.55. The van der Waals surface area contributed by atoms with Gasteiger partial charge in [-0.05, 0) is 19.9 Å². The van der Waals surface area contributed by atoms with Gasteiger partial charge in [0.25, 0.3) is 0 Å². The van der Waals surface area contributed by atoms with E-state index in [-0.39, 0.29) is 18.3 Å². The molecule has 0 bridgehead atoms. The van der Waals surface area contributed by atoms with Crippen LogP contribution in [0.25, 0.3) is 0 Å². The Kier molecular flexibility index (Phi) is 5.83. The molecule has 22 heavy (non-hydrogen) atoms. The topological polar surface area (TPSA) is 63.7 Å². The summed E-state index contributed by atoms with van der Waals surface area (Å²) in [5, 5.41) is 0. The van der Waals surface area contributed by atoms with Crippen molar-refractivity contribution < 1.29 is 19.1 Å². The summed E-state index contributed by atoms with van der Waals surface area (Å²) in [5.41, 5.74) is 0.437. The highest BCUT2D eigenvalue weighted by Crippen LogP contribution is 2.16. The van der Waals surface area contributed by atoms with Crippen LogP contribution < -0.4 is 0 Å². The lowest BCUT2D eigenvalue weighted by Crippen LogP contribution is -2.35. The summed E-state index contributed by atoms with van der Waals surface area (Å²) in [4.78, 5) is 37.5. The molecule has 5 heteroatoms. The first-order chi connectivity index (χ1) is 10.6. The van der Waals surface area contributed by atoms with Crippen molar-refractivity contribution in [2.24, 2.45) is 5.92 Å². The fourth-order valence-corrected chi connectivity index (χ4v) is 2.54. The number of hydrogen-bond donors (Lipinski definition) is 0. The van der Waals surface area contributed by atoms with Crippen LogP contribution in [0.15, 0.2) is 30.3 Å². The van der Waals surface area contributed by atoms with Crippen LogP contribution in [-0.4, -0.2) is 49.2 Å². The number of rotatable bonds is 6. The van der Waals surface area contributed by atoms with Crippen LogP contribution in [0.2, 0.25) is 0 Å². The maximum absolute atomic E-state index is 12.2. The standard InChI is InChI=1S/C17H21NO4/c1-18-9-7-15(8-10-18)22-16(20)11-14(12-19)17(21)13-5-3-2-4-6-13/h2-6,12,14-15H,7-11H2,1H3. The lowest BCUT2D eigenvalue weighted by atomic mass is 9.96. The second-order valence-corrected chi connectivity index (χ2v) is 5.67. The number of carbonyl (C=O) groups excluding carboxylic acids is 3. The van der Waals surface area contributed by atoms with E-state index in [1.807, 2.05) is 7.05 Å². The molecule has 5 nitrogen and oxygen atoms in total. The van der Waals surface area contributed by atoms with Gasteiger partial charge in [-0.1, -0.05) is 30.3 Å². The molecule has 1 unspecified atom stereocenters.